The fourth-order valence-corrected chi connectivity index (χ4v) is 1.95. The minimum Gasteiger partial charge on any atom is -0.496 e. The van der Waals surface area contributed by atoms with Crippen molar-refractivity contribution in [2.24, 2.45) is 0 Å². The molecule has 0 aliphatic carbocycles. The summed E-state index contributed by atoms with van der Waals surface area (Å²) in [5.74, 6) is 3.54. The van der Waals surface area contributed by atoms with E-state index in [-0.39, 0.29) is 0 Å². The zero-order valence-corrected chi connectivity index (χ0v) is 10.9. The standard InChI is InChI=1S/C12H13IO2/c1-12(14,7-8-13)9-10-5-3-4-6-11(10)15-2/h3-6,14H,9H2,1-2H3. The van der Waals surface area contributed by atoms with Crippen molar-refractivity contribution in [3.63, 3.8) is 0 Å². The lowest BCUT2D eigenvalue weighted by molar-refractivity contribution is 0.122. The van der Waals surface area contributed by atoms with Crippen LogP contribution in [0.25, 0.3) is 0 Å². The maximum absolute atomic E-state index is 9.95. The summed E-state index contributed by atoms with van der Waals surface area (Å²) in [5.41, 5.74) is -0.0420. The third kappa shape index (κ3) is 3.73. The van der Waals surface area contributed by atoms with Crippen molar-refractivity contribution < 1.29 is 9.84 Å². The molecule has 1 aromatic rings. The molecule has 0 saturated heterocycles. The summed E-state index contributed by atoms with van der Waals surface area (Å²) in [7, 11) is 1.62. The van der Waals surface area contributed by atoms with Gasteiger partial charge in [-0.05, 0) is 22.5 Å². The zero-order valence-electron chi connectivity index (χ0n) is 8.75. The number of halogens is 1. The average molecular weight is 316 g/mol. The van der Waals surface area contributed by atoms with Gasteiger partial charge in [0.05, 0.1) is 7.11 Å². The molecular formula is C12H13IO2. The monoisotopic (exact) mass is 316 g/mol. The van der Waals surface area contributed by atoms with E-state index in [9.17, 15) is 5.11 Å². The predicted molar refractivity (Wildman–Crippen MR) is 69.1 cm³/mol. The van der Waals surface area contributed by atoms with Crippen LogP contribution in [0.15, 0.2) is 24.3 Å². The first kappa shape index (κ1) is 12.3. The van der Waals surface area contributed by atoms with Crippen molar-refractivity contribution in [1.29, 1.82) is 0 Å². The molecule has 0 amide bonds. The highest BCUT2D eigenvalue weighted by molar-refractivity contribution is 14.1. The number of benzene rings is 1. The van der Waals surface area contributed by atoms with E-state index in [1.807, 2.05) is 46.9 Å². The molecule has 80 valence electrons. The van der Waals surface area contributed by atoms with Crippen LogP contribution in [0.2, 0.25) is 0 Å². The summed E-state index contributed by atoms with van der Waals surface area (Å²) in [5, 5.41) is 9.95. The van der Waals surface area contributed by atoms with Gasteiger partial charge in [-0.1, -0.05) is 24.1 Å². The van der Waals surface area contributed by atoms with E-state index in [1.165, 1.54) is 0 Å². The van der Waals surface area contributed by atoms with Crippen molar-refractivity contribution in [2.75, 3.05) is 7.11 Å². The molecule has 0 spiro atoms. The molecule has 1 atom stereocenters. The summed E-state index contributed by atoms with van der Waals surface area (Å²) in [6.07, 6.45) is 0.465. The van der Waals surface area contributed by atoms with Gasteiger partial charge in [0.25, 0.3) is 0 Å². The van der Waals surface area contributed by atoms with Gasteiger partial charge in [0.15, 0.2) is 0 Å². The van der Waals surface area contributed by atoms with Crippen LogP contribution in [0.1, 0.15) is 12.5 Å². The molecule has 0 aromatic heterocycles. The Morgan fingerprint density at radius 2 is 2.13 bits per heavy atom. The van der Waals surface area contributed by atoms with Crippen molar-refractivity contribution in [2.45, 2.75) is 18.9 Å². The Morgan fingerprint density at radius 1 is 1.47 bits per heavy atom. The molecule has 0 aliphatic rings. The highest BCUT2D eigenvalue weighted by Gasteiger charge is 2.19. The van der Waals surface area contributed by atoms with Crippen LogP contribution in [-0.2, 0) is 6.42 Å². The van der Waals surface area contributed by atoms with E-state index in [1.54, 1.807) is 14.0 Å². The molecule has 2 nitrogen and oxygen atoms in total. The van der Waals surface area contributed by atoms with Gasteiger partial charge >= 0.3 is 0 Å². The summed E-state index contributed by atoms with van der Waals surface area (Å²) >= 11 is 1.92. The number of para-hydroxylation sites is 1. The molecule has 0 bridgehead atoms. The number of methoxy groups -OCH3 is 1. The Hall–Kier alpha value is -0.730. The first-order valence-electron chi connectivity index (χ1n) is 4.56. The Labute approximate surface area is 104 Å². The highest BCUT2D eigenvalue weighted by atomic mass is 127. The Bertz CT molecular complexity index is 388. The first-order valence-corrected chi connectivity index (χ1v) is 5.64. The minimum atomic E-state index is -1.00. The second-order valence-electron chi connectivity index (χ2n) is 3.48. The first-order chi connectivity index (χ1) is 7.09. The molecule has 0 aliphatic heterocycles. The number of ether oxygens (including phenoxy) is 1. The molecule has 0 fully saturated rings. The third-order valence-electron chi connectivity index (χ3n) is 2.04. The number of hydrogen-bond donors (Lipinski definition) is 1. The fourth-order valence-electron chi connectivity index (χ4n) is 1.37. The minimum absolute atomic E-state index is 0.465. The van der Waals surface area contributed by atoms with Crippen LogP contribution in [0, 0.1) is 9.85 Å². The molecule has 0 radical (unpaired) electrons. The molecule has 3 heteroatoms. The summed E-state index contributed by atoms with van der Waals surface area (Å²) in [4.78, 5) is 0. The van der Waals surface area contributed by atoms with Gasteiger partial charge < -0.3 is 9.84 Å². The molecule has 1 aromatic carbocycles. The lowest BCUT2D eigenvalue weighted by Gasteiger charge is -2.17. The SMILES string of the molecule is COc1ccccc1CC(C)(O)C#CI. The van der Waals surface area contributed by atoms with Crippen molar-refractivity contribution in [1.82, 2.24) is 0 Å². The number of hydrogen-bond acceptors (Lipinski definition) is 2. The average Bonchev–Trinajstić information content (AvgIpc) is 2.17. The van der Waals surface area contributed by atoms with Crippen LogP contribution >= 0.6 is 22.6 Å². The fraction of sp³-hybridized carbons (Fsp3) is 0.333. The van der Waals surface area contributed by atoms with Gasteiger partial charge in [-0.3, -0.25) is 0 Å². The quantitative estimate of drug-likeness (QED) is 0.685. The molecule has 0 heterocycles. The van der Waals surface area contributed by atoms with Gasteiger partial charge in [0.2, 0.25) is 0 Å². The molecule has 1 N–H and O–H groups in total. The lowest BCUT2D eigenvalue weighted by Crippen LogP contribution is -2.24. The van der Waals surface area contributed by atoms with Crippen molar-refractivity contribution in [3.05, 3.63) is 29.8 Å². The second kappa shape index (κ2) is 5.38. The predicted octanol–water partition coefficient (Wildman–Crippen LogP) is 2.38. The van der Waals surface area contributed by atoms with Gasteiger partial charge in [-0.15, -0.1) is 0 Å². The number of aliphatic hydroxyl groups is 1. The van der Waals surface area contributed by atoms with Gasteiger partial charge in [0.1, 0.15) is 11.4 Å². The van der Waals surface area contributed by atoms with Crippen LogP contribution in [0.4, 0.5) is 0 Å². The smallest absolute Gasteiger partial charge is 0.127 e. The van der Waals surface area contributed by atoms with Crippen LogP contribution in [0.3, 0.4) is 0 Å². The highest BCUT2D eigenvalue weighted by Crippen LogP contribution is 2.22. The summed E-state index contributed by atoms with van der Waals surface area (Å²) in [6.45, 7) is 1.70. The van der Waals surface area contributed by atoms with E-state index >= 15 is 0 Å². The van der Waals surface area contributed by atoms with Crippen LogP contribution in [0.5, 0.6) is 5.75 Å². The van der Waals surface area contributed by atoms with Crippen molar-refractivity contribution in [3.8, 4) is 15.6 Å². The Kier molecular flexibility index (Phi) is 4.43. The van der Waals surface area contributed by atoms with Gasteiger partial charge in [-0.2, -0.15) is 0 Å². The third-order valence-corrected chi connectivity index (χ3v) is 2.31. The van der Waals surface area contributed by atoms with Crippen molar-refractivity contribution >= 4 is 22.6 Å². The van der Waals surface area contributed by atoms with Crippen LogP contribution < -0.4 is 4.74 Å². The molecule has 15 heavy (non-hydrogen) atoms. The number of rotatable bonds is 3. The lowest BCUT2D eigenvalue weighted by atomic mass is 9.97. The maximum atomic E-state index is 9.95. The van der Waals surface area contributed by atoms with Gasteiger partial charge in [0, 0.05) is 29.0 Å². The van der Waals surface area contributed by atoms with E-state index in [4.69, 9.17) is 4.74 Å². The Morgan fingerprint density at radius 3 is 2.73 bits per heavy atom. The summed E-state index contributed by atoms with van der Waals surface area (Å²) in [6, 6.07) is 7.64. The summed E-state index contributed by atoms with van der Waals surface area (Å²) < 4.78 is 7.90. The molecule has 1 unspecified atom stereocenters. The second-order valence-corrected chi connectivity index (χ2v) is 4.02. The molecule has 1 rings (SSSR count). The van der Waals surface area contributed by atoms with Gasteiger partial charge in [-0.25, -0.2) is 0 Å². The van der Waals surface area contributed by atoms with Crippen LogP contribution in [-0.4, -0.2) is 17.8 Å². The van der Waals surface area contributed by atoms with E-state index in [0.29, 0.717) is 6.42 Å². The molecule has 0 saturated carbocycles. The molecular weight excluding hydrogens is 303 g/mol. The van der Waals surface area contributed by atoms with E-state index in [0.717, 1.165) is 11.3 Å². The maximum Gasteiger partial charge on any atom is 0.127 e. The Balaban J connectivity index is 2.92. The normalized spacial score (nSPS) is 13.6. The largest absolute Gasteiger partial charge is 0.496 e. The van der Waals surface area contributed by atoms with E-state index < -0.39 is 5.60 Å². The topological polar surface area (TPSA) is 29.5 Å². The van der Waals surface area contributed by atoms with E-state index in [2.05, 4.69) is 9.85 Å². The zero-order chi connectivity index (χ0) is 11.3.